The Kier molecular flexibility index (Phi) is 5.48. The van der Waals surface area contributed by atoms with Crippen molar-refractivity contribution >= 4 is 11.6 Å². The quantitative estimate of drug-likeness (QED) is 0.402. The van der Waals surface area contributed by atoms with Crippen LogP contribution in [0.5, 0.6) is 23.0 Å². The fourth-order valence-corrected chi connectivity index (χ4v) is 4.92. The smallest absolute Gasteiger partial charge is 0.226 e. The molecule has 1 N–H and O–H groups in total. The highest BCUT2D eigenvalue weighted by molar-refractivity contribution is 5.85. The molecule has 0 saturated heterocycles. The zero-order valence-electron chi connectivity index (χ0n) is 20.3. The number of nitrogens with one attached hydrogen (secondary N) is 1. The van der Waals surface area contributed by atoms with Crippen LogP contribution < -0.4 is 24.3 Å². The van der Waals surface area contributed by atoms with Gasteiger partial charge in [-0.25, -0.2) is 4.68 Å². The van der Waals surface area contributed by atoms with E-state index in [1.54, 1.807) is 20.5 Å². The molecule has 0 unspecified atom stereocenters. The Morgan fingerprint density at radius 1 is 0.944 bits per heavy atom. The molecular formula is C28H26N4O4. The van der Waals surface area contributed by atoms with Crippen molar-refractivity contribution in [3.8, 4) is 23.0 Å². The second-order valence-electron chi connectivity index (χ2n) is 8.50. The molecular weight excluding hydrogens is 456 g/mol. The van der Waals surface area contributed by atoms with Gasteiger partial charge in [0.2, 0.25) is 5.95 Å². The molecule has 0 radical (unpaired) electrons. The minimum Gasteiger partial charge on any atom is -0.497 e. The molecule has 0 amide bonds. The van der Waals surface area contributed by atoms with Gasteiger partial charge in [0.25, 0.3) is 0 Å². The van der Waals surface area contributed by atoms with Crippen LogP contribution >= 0.6 is 0 Å². The molecule has 0 saturated carbocycles. The molecule has 0 spiro atoms. The van der Waals surface area contributed by atoms with E-state index in [1.807, 2.05) is 72.3 Å². The fraction of sp³-hybridized carbons (Fsp3) is 0.214. The Hall–Kier alpha value is -4.46. The van der Waals surface area contributed by atoms with E-state index in [2.05, 4.69) is 21.5 Å². The summed E-state index contributed by atoms with van der Waals surface area (Å²) in [7, 11) is 3.31. The number of nitrogens with zero attached hydrogens (tertiary/aromatic N) is 3. The van der Waals surface area contributed by atoms with Crippen LogP contribution in [0.25, 0.3) is 5.70 Å². The largest absolute Gasteiger partial charge is 0.497 e. The van der Waals surface area contributed by atoms with Crippen LogP contribution in [0.2, 0.25) is 0 Å². The highest BCUT2D eigenvalue weighted by atomic mass is 16.5. The molecule has 1 aromatic heterocycles. The van der Waals surface area contributed by atoms with Gasteiger partial charge in [-0.05, 0) is 54.4 Å². The maximum Gasteiger partial charge on any atom is 0.226 e. The van der Waals surface area contributed by atoms with E-state index in [4.69, 9.17) is 18.9 Å². The normalized spacial score (nSPS) is 17.8. The first-order valence-corrected chi connectivity index (χ1v) is 11.8. The molecule has 6 rings (SSSR count). The molecule has 0 bridgehead atoms. The van der Waals surface area contributed by atoms with E-state index < -0.39 is 0 Å². The van der Waals surface area contributed by atoms with E-state index in [-0.39, 0.29) is 12.1 Å². The zero-order chi connectivity index (χ0) is 24.6. The summed E-state index contributed by atoms with van der Waals surface area (Å²) >= 11 is 0. The van der Waals surface area contributed by atoms with Crippen molar-refractivity contribution in [3.05, 3.63) is 95.3 Å². The number of benzene rings is 3. The van der Waals surface area contributed by atoms with Gasteiger partial charge >= 0.3 is 0 Å². The Labute approximate surface area is 209 Å². The third kappa shape index (κ3) is 3.53. The number of rotatable bonds is 6. The minimum absolute atomic E-state index is 0.288. The van der Waals surface area contributed by atoms with Crippen LogP contribution in [0, 0.1) is 0 Å². The summed E-state index contributed by atoms with van der Waals surface area (Å²) < 4.78 is 25.4. The third-order valence-electron chi connectivity index (χ3n) is 6.54. The summed E-state index contributed by atoms with van der Waals surface area (Å²) in [4.78, 5) is 4.50. The van der Waals surface area contributed by atoms with E-state index in [9.17, 15) is 0 Å². The first kappa shape index (κ1) is 22.0. The van der Waals surface area contributed by atoms with Crippen molar-refractivity contribution in [2.45, 2.75) is 19.1 Å². The minimum atomic E-state index is -0.367. The maximum absolute atomic E-state index is 6.67. The van der Waals surface area contributed by atoms with Gasteiger partial charge in [-0.3, -0.25) is 0 Å². The first-order valence-electron chi connectivity index (χ1n) is 11.8. The fourth-order valence-electron chi connectivity index (χ4n) is 4.92. The first-order chi connectivity index (χ1) is 17.7. The lowest BCUT2D eigenvalue weighted by atomic mass is 9.84. The highest BCUT2D eigenvalue weighted by Gasteiger charge is 2.41. The number of aromatic nitrogens is 3. The average molecular weight is 483 g/mol. The van der Waals surface area contributed by atoms with Crippen LogP contribution in [0.3, 0.4) is 0 Å². The van der Waals surface area contributed by atoms with Gasteiger partial charge in [0.15, 0.2) is 11.5 Å². The molecule has 8 heteroatoms. The van der Waals surface area contributed by atoms with Gasteiger partial charge < -0.3 is 24.3 Å². The zero-order valence-corrected chi connectivity index (χ0v) is 20.3. The molecule has 0 aliphatic carbocycles. The Morgan fingerprint density at radius 2 is 1.75 bits per heavy atom. The van der Waals surface area contributed by atoms with Gasteiger partial charge in [0, 0.05) is 11.1 Å². The average Bonchev–Trinajstić information content (AvgIpc) is 3.40. The van der Waals surface area contributed by atoms with Crippen molar-refractivity contribution in [1.82, 2.24) is 14.8 Å². The van der Waals surface area contributed by atoms with E-state index in [0.717, 1.165) is 39.5 Å². The number of para-hydroxylation sites is 1. The summed E-state index contributed by atoms with van der Waals surface area (Å²) in [6.07, 6.45) is 1.20. The summed E-state index contributed by atoms with van der Waals surface area (Å²) in [5.41, 5.74) is 4.97. The summed E-state index contributed by atoms with van der Waals surface area (Å²) in [5.74, 6) is 3.62. The molecule has 36 heavy (non-hydrogen) atoms. The Balaban J connectivity index is 1.57. The number of hydrogen-bond donors (Lipinski definition) is 1. The van der Waals surface area contributed by atoms with Crippen LogP contribution in [0.4, 0.5) is 5.95 Å². The van der Waals surface area contributed by atoms with Crippen molar-refractivity contribution in [3.63, 3.8) is 0 Å². The van der Waals surface area contributed by atoms with Crippen molar-refractivity contribution in [2.75, 3.05) is 26.1 Å². The van der Waals surface area contributed by atoms with Gasteiger partial charge in [-0.15, -0.1) is 0 Å². The van der Waals surface area contributed by atoms with Crippen molar-refractivity contribution in [1.29, 1.82) is 0 Å². The number of hydrogen-bond acceptors (Lipinski definition) is 7. The molecule has 3 aromatic carbocycles. The second kappa shape index (κ2) is 8.96. The lowest BCUT2D eigenvalue weighted by Gasteiger charge is -2.39. The lowest BCUT2D eigenvalue weighted by Crippen LogP contribution is -2.32. The van der Waals surface area contributed by atoms with Crippen LogP contribution in [-0.4, -0.2) is 35.6 Å². The van der Waals surface area contributed by atoms with Crippen molar-refractivity contribution in [2.24, 2.45) is 0 Å². The molecule has 2 aliphatic rings. The highest BCUT2D eigenvalue weighted by Crippen LogP contribution is 2.51. The van der Waals surface area contributed by atoms with Crippen LogP contribution in [0.1, 0.15) is 35.8 Å². The van der Waals surface area contributed by atoms with Gasteiger partial charge in [0.05, 0.1) is 26.5 Å². The lowest BCUT2D eigenvalue weighted by molar-refractivity contribution is 0.223. The van der Waals surface area contributed by atoms with E-state index in [1.165, 1.54) is 0 Å². The predicted octanol–water partition coefficient (Wildman–Crippen LogP) is 5.25. The number of fused-ring (bicyclic) bond motifs is 3. The molecule has 2 atom stereocenters. The monoisotopic (exact) mass is 482 g/mol. The van der Waals surface area contributed by atoms with Gasteiger partial charge in [0.1, 0.15) is 30.0 Å². The Bertz CT molecular complexity index is 1440. The third-order valence-corrected chi connectivity index (χ3v) is 6.54. The SMILES string of the molecule is CCOc1ccc([C@H]2C3=C(Nc4ncnn42)c2ccccc2O[C@@H]3c2ccc(OC)cc2)cc1OC. The van der Waals surface area contributed by atoms with Crippen molar-refractivity contribution < 1.29 is 18.9 Å². The predicted molar refractivity (Wildman–Crippen MR) is 136 cm³/mol. The number of ether oxygens (including phenoxy) is 4. The molecule has 0 fully saturated rings. The van der Waals surface area contributed by atoms with Crippen LogP contribution in [0.15, 0.2) is 78.6 Å². The summed E-state index contributed by atoms with van der Waals surface area (Å²) in [6.45, 7) is 2.50. The second-order valence-corrected chi connectivity index (χ2v) is 8.50. The summed E-state index contributed by atoms with van der Waals surface area (Å²) in [6, 6.07) is 21.7. The van der Waals surface area contributed by atoms with E-state index >= 15 is 0 Å². The molecule has 8 nitrogen and oxygen atoms in total. The van der Waals surface area contributed by atoms with Gasteiger partial charge in [-0.2, -0.15) is 10.1 Å². The molecule has 4 aromatic rings. The van der Waals surface area contributed by atoms with Crippen LogP contribution in [-0.2, 0) is 0 Å². The van der Waals surface area contributed by atoms with Gasteiger partial charge in [-0.1, -0.05) is 30.3 Å². The van der Waals surface area contributed by atoms with E-state index in [0.29, 0.717) is 24.1 Å². The standard InChI is InChI=1S/C28H26N4O4/c1-4-35-22-14-11-18(15-23(22)34-3)26-24-25(31-28-29-16-30-32(26)28)20-7-5-6-8-21(20)36-27(24)17-9-12-19(33-2)13-10-17/h5-16,26-27H,4H2,1-3H3,(H,29,30,31)/t26-,27+/m0/s1. The Morgan fingerprint density at radius 3 is 2.53 bits per heavy atom. The summed E-state index contributed by atoms with van der Waals surface area (Å²) in [5, 5.41) is 8.12. The topological polar surface area (TPSA) is 79.7 Å². The molecule has 3 heterocycles. The number of anilines is 1. The number of methoxy groups -OCH3 is 2. The molecule has 2 aliphatic heterocycles. The maximum atomic E-state index is 6.67. The molecule has 182 valence electrons.